The highest BCUT2D eigenvalue weighted by molar-refractivity contribution is 5.89. The number of hydrogen-bond donors (Lipinski definition) is 1. The molecular weight excluding hydrogens is 288 g/mol. The lowest BCUT2D eigenvalue weighted by molar-refractivity contribution is -0.0410. The van der Waals surface area contributed by atoms with E-state index in [1.165, 1.54) is 24.9 Å². The minimum Gasteiger partial charge on any atom is -0.390 e. The Morgan fingerprint density at radius 3 is 2.96 bits per heavy atom. The molecule has 2 aromatic heterocycles. The maximum atomic E-state index is 10.9. The molecule has 4 rings (SSSR count). The Labute approximate surface area is 137 Å². The van der Waals surface area contributed by atoms with Crippen LogP contribution in [-0.4, -0.2) is 38.1 Å². The van der Waals surface area contributed by atoms with Crippen molar-refractivity contribution in [3.63, 3.8) is 0 Å². The number of rotatable bonds is 2. The van der Waals surface area contributed by atoms with E-state index in [-0.39, 0.29) is 0 Å². The first-order chi connectivity index (χ1) is 11.1. The topological polar surface area (TPSA) is 54.2 Å². The molecule has 5 nitrogen and oxygen atoms in total. The summed E-state index contributed by atoms with van der Waals surface area (Å²) in [4.78, 5) is 6.97. The highest BCUT2D eigenvalue weighted by atomic mass is 16.3. The van der Waals surface area contributed by atoms with Gasteiger partial charge in [-0.3, -0.25) is 4.68 Å². The average molecular weight is 314 g/mol. The van der Waals surface area contributed by atoms with Gasteiger partial charge in [-0.1, -0.05) is 12.8 Å². The minimum atomic E-state index is -0.535. The summed E-state index contributed by atoms with van der Waals surface area (Å²) in [5, 5.41) is 16.4. The smallest absolute Gasteiger partial charge is 0.159 e. The Balaban J connectivity index is 1.72. The SMILES string of the molecule is Cn1ncc2c(N3CCC[C@@H]3[C@H]3CCCC[C@]3(C)O)ccnc21. The number of hydrogen-bond acceptors (Lipinski definition) is 4. The molecule has 2 aromatic rings. The minimum absolute atomic E-state index is 0.360. The fourth-order valence-electron chi connectivity index (χ4n) is 4.74. The summed E-state index contributed by atoms with van der Waals surface area (Å²) < 4.78 is 1.83. The molecule has 0 amide bonds. The molecule has 0 unspecified atom stereocenters. The molecule has 1 aliphatic heterocycles. The first kappa shape index (κ1) is 14.9. The number of aryl methyl sites for hydroxylation is 1. The summed E-state index contributed by atoms with van der Waals surface area (Å²) in [7, 11) is 1.94. The Kier molecular flexibility index (Phi) is 3.56. The van der Waals surface area contributed by atoms with Crippen LogP contribution in [-0.2, 0) is 7.05 Å². The Morgan fingerprint density at radius 1 is 1.26 bits per heavy atom. The summed E-state index contributed by atoms with van der Waals surface area (Å²) in [6.45, 7) is 3.10. The summed E-state index contributed by atoms with van der Waals surface area (Å²) in [5.74, 6) is 0.360. The van der Waals surface area contributed by atoms with E-state index in [9.17, 15) is 5.11 Å². The Hall–Kier alpha value is -1.62. The molecule has 1 aliphatic carbocycles. The second-order valence-corrected chi connectivity index (χ2v) is 7.45. The standard InChI is InChI=1S/C18H26N4O/c1-18(23)9-4-3-6-14(18)16-7-5-11-22(16)15-8-10-19-17-13(15)12-20-21(17)2/h8,10,12,14,16,23H,3-7,9,11H2,1-2H3/t14-,16-,18+/m1/s1. The van der Waals surface area contributed by atoms with Gasteiger partial charge >= 0.3 is 0 Å². The molecule has 3 heterocycles. The van der Waals surface area contributed by atoms with Crippen LogP contribution in [0.4, 0.5) is 5.69 Å². The van der Waals surface area contributed by atoms with Crippen molar-refractivity contribution in [2.24, 2.45) is 13.0 Å². The summed E-state index contributed by atoms with van der Waals surface area (Å²) in [6, 6.07) is 2.54. The van der Waals surface area contributed by atoms with Crippen LogP contribution in [0.5, 0.6) is 0 Å². The number of aliphatic hydroxyl groups is 1. The second kappa shape index (κ2) is 5.48. The highest BCUT2D eigenvalue weighted by Gasteiger charge is 2.43. The number of anilines is 1. The summed E-state index contributed by atoms with van der Waals surface area (Å²) in [5.41, 5.74) is 1.63. The first-order valence-electron chi connectivity index (χ1n) is 8.84. The van der Waals surface area contributed by atoms with E-state index in [2.05, 4.69) is 21.0 Å². The van der Waals surface area contributed by atoms with Crippen LogP contribution < -0.4 is 4.90 Å². The molecular formula is C18H26N4O. The van der Waals surface area contributed by atoms with Gasteiger partial charge in [-0.15, -0.1) is 0 Å². The van der Waals surface area contributed by atoms with Gasteiger partial charge in [0.15, 0.2) is 5.65 Å². The van der Waals surface area contributed by atoms with Gasteiger partial charge in [0.1, 0.15) is 0 Å². The Bertz CT molecular complexity index is 708. The zero-order valence-electron chi connectivity index (χ0n) is 14.1. The van der Waals surface area contributed by atoms with E-state index in [0.717, 1.165) is 36.8 Å². The molecule has 23 heavy (non-hydrogen) atoms. The van der Waals surface area contributed by atoms with Crippen LogP contribution >= 0.6 is 0 Å². The Morgan fingerprint density at radius 2 is 2.13 bits per heavy atom. The third-order valence-electron chi connectivity index (χ3n) is 5.93. The molecule has 2 fully saturated rings. The van der Waals surface area contributed by atoms with E-state index in [1.54, 1.807) is 0 Å². The number of nitrogens with zero attached hydrogens (tertiary/aromatic N) is 4. The van der Waals surface area contributed by atoms with E-state index in [4.69, 9.17) is 0 Å². The molecule has 0 spiro atoms. The zero-order valence-corrected chi connectivity index (χ0v) is 14.1. The first-order valence-corrected chi connectivity index (χ1v) is 8.84. The van der Waals surface area contributed by atoms with E-state index in [0.29, 0.717) is 12.0 Å². The third-order valence-corrected chi connectivity index (χ3v) is 5.93. The van der Waals surface area contributed by atoms with Crippen molar-refractivity contribution in [1.29, 1.82) is 0 Å². The van der Waals surface area contributed by atoms with Crippen molar-refractivity contribution >= 4 is 16.7 Å². The maximum Gasteiger partial charge on any atom is 0.159 e. The molecule has 1 saturated heterocycles. The number of aromatic nitrogens is 3. The van der Waals surface area contributed by atoms with E-state index in [1.807, 2.05) is 31.0 Å². The normalized spacial score (nSPS) is 31.9. The molecule has 0 bridgehead atoms. The zero-order chi connectivity index (χ0) is 16.0. The molecule has 0 aromatic carbocycles. The molecule has 124 valence electrons. The summed E-state index contributed by atoms with van der Waals surface area (Å²) in [6.07, 6.45) is 10.6. The van der Waals surface area contributed by atoms with Crippen molar-refractivity contribution in [1.82, 2.24) is 14.8 Å². The van der Waals surface area contributed by atoms with Gasteiger partial charge in [-0.25, -0.2) is 4.98 Å². The predicted molar refractivity (Wildman–Crippen MR) is 91.5 cm³/mol. The lowest BCUT2D eigenvalue weighted by atomic mass is 9.72. The molecule has 2 aliphatic rings. The van der Waals surface area contributed by atoms with Gasteiger partial charge in [0.2, 0.25) is 0 Å². The van der Waals surface area contributed by atoms with Gasteiger partial charge < -0.3 is 10.0 Å². The average Bonchev–Trinajstić information content (AvgIpc) is 3.14. The predicted octanol–water partition coefficient (Wildman–Crippen LogP) is 2.88. The molecule has 1 N–H and O–H groups in total. The molecule has 3 atom stereocenters. The van der Waals surface area contributed by atoms with Crippen molar-refractivity contribution in [3.8, 4) is 0 Å². The van der Waals surface area contributed by atoms with Gasteiger partial charge in [0.05, 0.1) is 22.9 Å². The van der Waals surface area contributed by atoms with Crippen molar-refractivity contribution in [2.75, 3.05) is 11.4 Å². The molecule has 5 heteroatoms. The fourth-order valence-corrected chi connectivity index (χ4v) is 4.74. The van der Waals surface area contributed by atoms with E-state index >= 15 is 0 Å². The van der Waals surface area contributed by atoms with Gasteiger partial charge in [-0.05, 0) is 38.7 Å². The maximum absolute atomic E-state index is 10.9. The van der Waals surface area contributed by atoms with Gasteiger partial charge in [-0.2, -0.15) is 5.10 Å². The third kappa shape index (κ3) is 2.42. The van der Waals surface area contributed by atoms with E-state index < -0.39 is 5.60 Å². The van der Waals surface area contributed by atoms with Crippen molar-refractivity contribution < 1.29 is 5.11 Å². The van der Waals surface area contributed by atoms with Crippen LogP contribution in [0, 0.1) is 5.92 Å². The van der Waals surface area contributed by atoms with Crippen molar-refractivity contribution in [3.05, 3.63) is 18.5 Å². The van der Waals surface area contributed by atoms with Gasteiger partial charge in [0.25, 0.3) is 0 Å². The van der Waals surface area contributed by atoms with Crippen LogP contribution in [0.25, 0.3) is 11.0 Å². The summed E-state index contributed by atoms with van der Waals surface area (Å²) >= 11 is 0. The van der Waals surface area contributed by atoms with Crippen LogP contribution in [0.3, 0.4) is 0 Å². The second-order valence-electron chi connectivity index (χ2n) is 7.45. The van der Waals surface area contributed by atoms with Crippen molar-refractivity contribution in [2.45, 2.75) is 57.1 Å². The van der Waals surface area contributed by atoms with Crippen LogP contribution in [0.1, 0.15) is 45.4 Å². The molecule has 1 saturated carbocycles. The van der Waals surface area contributed by atoms with Gasteiger partial charge in [0, 0.05) is 31.7 Å². The number of pyridine rings is 1. The highest BCUT2D eigenvalue weighted by Crippen LogP contribution is 2.43. The molecule has 0 radical (unpaired) electrons. The largest absolute Gasteiger partial charge is 0.390 e. The quantitative estimate of drug-likeness (QED) is 0.926. The van der Waals surface area contributed by atoms with Crippen LogP contribution in [0.2, 0.25) is 0 Å². The number of fused-ring (bicyclic) bond motifs is 1. The fraction of sp³-hybridized carbons (Fsp3) is 0.667. The van der Waals surface area contributed by atoms with Crippen LogP contribution in [0.15, 0.2) is 18.5 Å². The monoisotopic (exact) mass is 314 g/mol. The lowest BCUT2D eigenvalue weighted by Crippen LogP contribution is -2.49. The lowest BCUT2D eigenvalue weighted by Gasteiger charge is -2.44.